The quantitative estimate of drug-likeness (QED) is 0.542. The summed E-state index contributed by atoms with van der Waals surface area (Å²) in [6, 6.07) is 12.1. The number of hydrogen-bond donors (Lipinski definition) is 4. The van der Waals surface area contributed by atoms with Crippen LogP contribution in [0.4, 0.5) is 0 Å². The zero-order valence-electron chi connectivity index (χ0n) is 19.2. The Morgan fingerprint density at radius 2 is 1.41 bits per heavy atom. The van der Waals surface area contributed by atoms with Crippen LogP contribution in [0.2, 0.25) is 0 Å². The van der Waals surface area contributed by atoms with Gasteiger partial charge in [-0.15, -0.1) is 12.4 Å². The maximum absolute atomic E-state index is 10.1. The van der Waals surface area contributed by atoms with E-state index in [-0.39, 0.29) is 30.6 Å². The molecule has 5 N–H and O–H groups in total. The van der Waals surface area contributed by atoms with Crippen LogP contribution in [0.1, 0.15) is 35.6 Å². The zero-order valence-corrected chi connectivity index (χ0v) is 20.0. The number of nitrogens with one attached hydrogen (secondary N) is 1. The second-order valence-corrected chi connectivity index (χ2v) is 8.37. The summed E-state index contributed by atoms with van der Waals surface area (Å²) in [6.07, 6.45) is 3.22. The molecule has 1 unspecified atom stereocenters. The first-order chi connectivity index (χ1) is 15.0. The molecule has 4 rings (SSSR count). The molecule has 7 heteroatoms. The number of hydrogen-bond acceptors (Lipinski definition) is 6. The van der Waals surface area contributed by atoms with Gasteiger partial charge in [-0.3, -0.25) is 0 Å². The molecular formula is C25H37ClN2O4. The fraction of sp³-hybridized carbons (Fsp3) is 0.520. The summed E-state index contributed by atoms with van der Waals surface area (Å²) in [5.41, 5.74) is 10.5. The van der Waals surface area contributed by atoms with E-state index in [0.29, 0.717) is 12.8 Å². The molecule has 0 bridgehead atoms. The van der Waals surface area contributed by atoms with E-state index >= 15 is 0 Å². The van der Waals surface area contributed by atoms with E-state index < -0.39 is 6.10 Å². The fourth-order valence-corrected chi connectivity index (χ4v) is 4.46. The first kappa shape index (κ1) is 26.4. The van der Waals surface area contributed by atoms with Crippen molar-refractivity contribution in [3.05, 3.63) is 58.7 Å². The van der Waals surface area contributed by atoms with Gasteiger partial charge in [0, 0.05) is 24.9 Å². The van der Waals surface area contributed by atoms with Crippen LogP contribution in [0, 0.1) is 0 Å². The van der Waals surface area contributed by atoms with Gasteiger partial charge in [0.15, 0.2) is 0 Å². The van der Waals surface area contributed by atoms with Crippen LogP contribution in [0.3, 0.4) is 0 Å². The maximum Gasteiger partial charge on any atom is 0.122 e. The van der Waals surface area contributed by atoms with Crippen molar-refractivity contribution in [1.29, 1.82) is 0 Å². The minimum absolute atomic E-state index is 0. The van der Waals surface area contributed by atoms with E-state index in [1.165, 1.54) is 11.1 Å². The number of methoxy groups -OCH3 is 2. The number of benzene rings is 2. The number of rotatable bonds is 5. The Labute approximate surface area is 197 Å². The number of ether oxygens (including phenoxy) is 2. The molecule has 2 aromatic carbocycles. The van der Waals surface area contributed by atoms with Gasteiger partial charge in [-0.2, -0.15) is 0 Å². The molecule has 2 aliphatic rings. The second kappa shape index (κ2) is 12.4. The van der Waals surface area contributed by atoms with Crippen LogP contribution in [-0.4, -0.2) is 55.3 Å². The van der Waals surface area contributed by atoms with Gasteiger partial charge in [0.2, 0.25) is 0 Å². The standard InChI is InChI=1S/C14H21NO2.C11H15NO2.ClH/c1-3-7-15-12-8-10-5-4-6-14(17-2)11(10)9-13(12)16;1-14-11-4-2-3-7-5-9(12)10(13)6-8(7)11;/h4-6,12-13,15-16H,3,7-9H2,1-2H3;2-4,9-10,13H,5-6,12H2,1H3;1H/t12-,13-;9?,10-;/m00./s1. The third-order valence-corrected chi connectivity index (χ3v) is 6.24. The molecule has 0 aromatic heterocycles. The van der Waals surface area contributed by atoms with Crippen LogP contribution in [0.5, 0.6) is 11.5 Å². The van der Waals surface area contributed by atoms with Gasteiger partial charge in [0.05, 0.1) is 26.4 Å². The van der Waals surface area contributed by atoms with Crippen LogP contribution in [-0.2, 0) is 25.7 Å². The molecular weight excluding hydrogens is 428 g/mol. The van der Waals surface area contributed by atoms with Crippen molar-refractivity contribution >= 4 is 12.4 Å². The van der Waals surface area contributed by atoms with Crippen molar-refractivity contribution in [3.8, 4) is 11.5 Å². The summed E-state index contributed by atoms with van der Waals surface area (Å²) in [4.78, 5) is 0. The summed E-state index contributed by atoms with van der Waals surface area (Å²) in [7, 11) is 3.33. The third-order valence-electron chi connectivity index (χ3n) is 6.24. The minimum Gasteiger partial charge on any atom is -0.496 e. The zero-order chi connectivity index (χ0) is 22.4. The van der Waals surface area contributed by atoms with E-state index in [1.54, 1.807) is 14.2 Å². The molecule has 0 amide bonds. The molecule has 32 heavy (non-hydrogen) atoms. The molecule has 0 spiro atoms. The average Bonchev–Trinajstić information content (AvgIpc) is 2.78. The van der Waals surface area contributed by atoms with E-state index in [1.807, 2.05) is 30.3 Å². The van der Waals surface area contributed by atoms with Gasteiger partial charge in [-0.25, -0.2) is 0 Å². The topological polar surface area (TPSA) is 97.0 Å². The Bertz CT molecular complexity index is 864. The van der Waals surface area contributed by atoms with Gasteiger partial charge in [0.25, 0.3) is 0 Å². The predicted octanol–water partition coefficient (Wildman–Crippen LogP) is 2.43. The van der Waals surface area contributed by atoms with Crippen molar-refractivity contribution in [2.45, 2.75) is 63.3 Å². The summed E-state index contributed by atoms with van der Waals surface area (Å²) < 4.78 is 10.6. The van der Waals surface area contributed by atoms with Gasteiger partial charge >= 0.3 is 0 Å². The normalized spacial score (nSPS) is 23.6. The van der Waals surface area contributed by atoms with Gasteiger partial charge in [-0.05, 0) is 60.2 Å². The molecule has 0 heterocycles. The maximum atomic E-state index is 10.1. The van der Waals surface area contributed by atoms with Crippen LogP contribution < -0.4 is 20.5 Å². The van der Waals surface area contributed by atoms with Crippen molar-refractivity contribution in [2.75, 3.05) is 20.8 Å². The molecule has 0 saturated heterocycles. The van der Waals surface area contributed by atoms with Gasteiger partial charge < -0.3 is 30.7 Å². The number of fused-ring (bicyclic) bond motifs is 2. The summed E-state index contributed by atoms with van der Waals surface area (Å²) in [5, 5.41) is 23.2. The molecule has 2 aliphatic carbocycles. The van der Waals surface area contributed by atoms with Crippen LogP contribution in [0.25, 0.3) is 0 Å². The first-order valence-corrected chi connectivity index (χ1v) is 11.1. The largest absolute Gasteiger partial charge is 0.496 e. The average molecular weight is 465 g/mol. The molecule has 0 aliphatic heterocycles. The highest BCUT2D eigenvalue weighted by Crippen LogP contribution is 2.30. The monoisotopic (exact) mass is 464 g/mol. The van der Waals surface area contributed by atoms with Crippen molar-refractivity contribution in [2.24, 2.45) is 5.73 Å². The lowest BCUT2D eigenvalue weighted by atomic mass is 9.85. The summed E-state index contributed by atoms with van der Waals surface area (Å²) in [6.45, 7) is 3.10. The fourth-order valence-electron chi connectivity index (χ4n) is 4.46. The van der Waals surface area contributed by atoms with E-state index in [2.05, 4.69) is 18.3 Å². The van der Waals surface area contributed by atoms with Crippen molar-refractivity contribution in [3.63, 3.8) is 0 Å². The number of halogens is 1. The second-order valence-electron chi connectivity index (χ2n) is 8.37. The lowest BCUT2D eigenvalue weighted by molar-refractivity contribution is 0.118. The summed E-state index contributed by atoms with van der Waals surface area (Å²) >= 11 is 0. The number of aliphatic hydroxyl groups excluding tert-OH is 2. The molecule has 6 nitrogen and oxygen atoms in total. The Hall–Kier alpha value is -1.83. The molecule has 2 aromatic rings. The predicted molar refractivity (Wildman–Crippen MR) is 130 cm³/mol. The third kappa shape index (κ3) is 6.15. The van der Waals surface area contributed by atoms with Crippen molar-refractivity contribution < 1.29 is 19.7 Å². The Kier molecular flexibility index (Phi) is 10.3. The highest BCUT2D eigenvalue weighted by atomic mass is 35.5. The minimum atomic E-state index is -0.446. The van der Waals surface area contributed by atoms with Crippen LogP contribution >= 0.6 is 12.4 Å². The molecule has 4 atom stereocenters. The number of aliphatic hydroxyl groups is 2. The van der Waals surface area contributed by atoms with Gasteiger partial charge in [-0.1, -0.05) is 31.2 Å². The Morgan fingerprint density at radius 3 is 1.94 bits per heavy atom. The molecule has 0 radical (unpaired) electrons. The smallest absolute Gasteiger partial charge is 0.122 e. The SMILES string of the molecule is CCCN[C@H]1Cc2cccc(OC)c2C[C@@H]1O.COc1cccc2c1C[C@H](O)C(N)C2.Cl. The first-order valence-electron chi connectivity index (χ1n) is 11.1. The Morgan fingerprint density at radius 1 is 0.875 bits per heavy atom. The highest BCUT2D eigenvalue weighted by molar-refractivity contribution is 5.85. The van der Waals surface area contributed by atoms with E-state index in [4.69, 9.17) is 15.2 Å². The highest BCUT2D eigenvalue weighted by Gasteiger charge is 2.28. The lowest BCUT2D eigenvalue weighted by Crippen LogP contribution is -2.45. The van der Waals surface area contributed by atoms with E-state index in [0.717, 1.165) is 48.4 Å². The molecule has 0 saturated carbocycles. The number of nitrogens with two attached hydrogens (primary N) is 1. The molecule has 178 valence electrons. The molecule has 0 fully saturated rings. The van der Waals surface area contributed by atoms with E-state index in [9.17, 15) is 10.2 Å². The van der Waals surface area contributed by atoms with Crippen molar-refractivity contribution in [1.82, 2.24) is 5.32 Å². The lowest BCUT2D eigenvalue weighted by Gasteiger charge is -2.31. The Balaban J connectivity index is 0.000000224. The summed E-state index contributed by atoms with van der Waals surface area (Å²) in [5.74, 6) is 1.75. The van der Waals surface area contributed by atoms with Gasteiger partial charge in [0.1, 0.15) is 11.5 Å². The van der Waals surface area contributed by atoms with Crippen LogP contribution in [0.15, 0.2) is 36.4 Å².